The van der Waals surface area contributed by atoms with Crippen LogP contribution >= 0.6 is 0 Å². The van der Waals surface area contributed by atoms with Crippen LogP contribution < -0.4 is 10.5 Å². The lowest BCUT2D eigenvalue weighted by molar-refractivity contribution is -0.158. The van der Waals surface area contributed by atoms with Gasteiger partial charge in [0.2, 0.25) is 5.95 Å². The van der Waals surface area contributed by atoms with Crippen LogP contribution in [0.2, 0.25) is 0 Å². The molecule has 2 heterocycles. The van der Waals surface area contributed by atoms with Crippen molar-refractivity contribution in [3.63, 3.8) is 0 Å². The molecule has 196 valence electrons. The molecule has 1 saturated heterocycles. The molecule has 1 aliphatic rings. The van der Waals surface area contributed by atoms with E-state index in [1.165, 1.54) is 6.07 Å². The molecule has 10 nitrogen and oxygen atoms in total. The highest BCUT2D eigenvalue weighted by atomic mass is 16.6. The number of amides is 1. The van der Waals surface area contributed by atoms with Gasteiger partial charge in [0.15, 0.2) is 5.60 Å². The van der Waals surface area contributed by atoms with Crippen LogP contribution in [0.1, 0.15) is 66.0 Å². The zero-order chi connectivity index (χ0) is 26.7. The van der Waals surface area contributed by atoms with Crippen molar-refractivity contribution in [2.45, 2.75) is 71.5 Å². The highest BCUT2D eigenvalue weighted by molar-refractivity contribution is 5.80. The van der Waals surface area contributed by atoms with Gasteiger partial charge in [-0.05, 0) is 72.6 Å². The molecule has 10 heteroatoms. The second kappa shape index (κ2) is 10.6. The number of aromatic nitrogens is 2. The molecule has 1 aromatic carbocycles. The molecule has 0 spiro atoms. The summed E-state index contributed by atoms with van der Waals surface area (Å²) in [6.07, 6.45) is 1.21. The number of phenols is 1. The average Bonchev–Trinajstić information content (AvgIpc) is 2.77. The number of nitrogens with zero attached hydrogens (tertiary/aromatic N) is 3. The van der Waals surface area contributed by atoms with E-state index in [9.17, 15) is 14.7 Å². The maximum atomic E-state index is 12.6. The van der Waals surface area contributed by atoms with Gasteiger partial charge in [0.05, 0.1) is 23.6 Å². The number of anilines is 1. The summed E-state index contributed by atoms with van der Waals surface area (Å²) in [5.41, 5.74) is 5.45. The number of hydrogen-bond acceptors (Lipinski definition) is 9. The van der Waals surface area contributed by atoms with Crippen molar-refractivity contribution in [2.75, 3.05) is 25.4 Å². The van der Waals surface area contributed by atoms with Crippen LogP contribution in [0, 0.1) is 0 Å². The Morgan fingerprint density at radius 3 is 2.58 bits per heavy atom. The molecule has 3 rings (SSSR count). The molecule has 1 unspecified atom stereocenters. The van der Waals surface area contributed by atoms with E-state index in [4.69, 9.17) is 19.9 Å². The maximum absolute atomic E-state index is 12.6. The zero-order valence-corrected chi connectivity index (χ0v) is 21.8. The van der Waals surface area contributed by atoms with Gasteiger partial charge in [0, 0.05) is 19.0 Å². The molecule has 2 aromatic rings. The van der Waals surface area contributed by atoms with E-state index in [1.807, 2.05) is 20.8 Å². The minimum absolute atomic E-state index is 0.0238. The number of nitrogens with two attached hydrogens (primary N) is 1. The molecular weight excluding hydrogens is 464 g/mol. The molecule has 0 bridgehead atoms. The smallest absolute Gasteiger partial charge is 0.410 e. The number of esters is 1. The standard InChI is InChI=1S/C26H36N4O6/c1-7-34-22(32)26(5,6)35-20-12-8-11-19(31)21(20)18-14-17(28-23(27)29-18)16-10-9-13-30(15-16)24(33)36-25(2,3)4/h8,11-12,14,16,31H,7,9-10,13,15H2,1-6H3,(H2,27,28,29). The van der Waals surface area contributed by atoms with Crippen molar-refractivity contribution >= 4 is 18.0 Å². The van der Waals surface area contributed by atoms with E-state index < -0.39 is 17.2 Å². The fourth-order valence-electron chi connectivity index (χ4n) is 4.02. The van der Waals surface area contributed by atoms with Crippen LogP contribution in [0.15, 0.2) is 24.3 Å². The molecule has 1 aliphatic heterocycles. The number of likely N-dealkylation sites (tertiary alicyclic amines) is 1. The number of ether oxygens (including phenoxy) is 3. The highest BCUT2D eigenvalue weighted by Crippen LogP contribution is 2.40. The average molecular weight is 501 g/mol. The van der Waals surface area contributed by atoms with Gasteiger partial charge in [-0.2, -0.15) is 0 Å². The third-order valence-corrected chi connectivity index (χ3v) is 5.65. The molecule has 1 amide bonds. The van der Waals surface area contributed by atoms with E-state index in [2.05, 4.69) is 9.97 Å². The Labute approximate surface area is 211 Å². The normalized spacial score (nSPS) is 16.4. The third kappa shape index (κ3) is 6.56. The fourth-order valence-corrected chi connectivity index (χ4v) is 4.02. The Morgan fingerprint density at radius 2 is 1.92 bits per heavy atom. The number of rotatable bonds is 6. The Morgan fingerprint density at radius 1 is 1.19 bits per heavy atom. The van der Waals surface area contributed by atoms with Crippen molar-refractivity contribution in [3.05, 3.63) is 30.0 Å². The number of carbonyl (C=O) groups is 2. The lowest BCUT2D eigenvalue weighted by atomic mass is 9.93. The molecule has 3 N–H and O–H groups in total. The SMILES string of the molecule is CCOC(=O)C(C)(C)Oc1cccc(O)c1-c1cc(C2CCCN(C(=O)OC(C)(C)C)C2)nc(N)n1. The van der Waals surface area contributed by atoms with Gasteiger partial charge in [0.25, 0.3) is 0 Å². The van der Waals surface area contributed by atoms with Crippen molar-refractivity contribution < 1.29 is 28.9 Å². The van der Waals surface area contributed by atoms with Gasteiger partial charge in [0.1, 0.15) is 17.1 Å². The second-order valence-electron chi connectivity index (χ2n) is 10.3. The number of piperidine rings is 1. The van der Waals surface area contributed by atoms with Crippen molar-refractivity contribution in [1.82, 2.24) is 14.9 Å². The summed E-state index contributed by atoms with van der Waals surface area (Å²) in [7, 11) is 0. The minimum atomic E-state index is -1.31. The number of carbonyl (C=O) groups excluding carboxylic acids is 2. The first kappa shape index (κ1) is 27.0. The first-order valence-corrected chi connectivity index (χ1v) is 12.1. The van der Waals surface area contributed by atoms with Crippen LogP contribution in [0.5, 0.6) is 11.5 Å². The van der Waals surface area contributed by atoms with Gasteiger partial charge < -0.3 is 30.0 Å². The van der Waals surface area contributed by atoms with E-state index in [-0.39, 0.29) is 41.6 Å². The Hall–Kier alpha value is -3.56. The lowest BCUT2D eigenvalue weighted by Gasteiger charge is -2.34. The van der Waals surface area contributed by atoms with Gasteiger partial charge in [-0.3, -0.25) is 0 Å². The van der Waals surface area contributed by atoms with Crippen LogP contribution in [0.3, 0.4) is 0 Å². The zero-order valence-electron chi connectivity index (χ0n) is 21.8. The topological polar surface area (TPSA) is 137 Å². The number of benzene rings is 1. The lowest BCUT2D eigenvalue weighted by Crippen LogP contribution is -2.42. The quantitative estimate of drug-likeness (QED) is 0.557. The summed E-state index contributed by atoms with van der Waals surface area (Å²) in [5.74, 6) is -0.449. The van der Waals surface area contributed by atoms with E-state index >= 15 is 0 Å². The molecule has 0 radical (unpaired) electrons. The predicted octanol–water partition coefficient (Wildman–Crippen LogP) is 4.27. The first-order chi connectivity index (χ1) is 16.8. The molecule has 0 aliphatic carbocycles. The van der Waals surface area contributed by atoms with E-state index in [1.54, 1.807) is 43.9 Å². The van der Waals surface area contributed by atoms with Gasteiger partial charge in [-0.25, -0.2) is 19.6 Å². The van der Waals surface area contributed by atoms with E-state index in [0.29, 0.717) is 24.5 Å². The van der Waals surface area contributed by atoms with Gasteiger partial charge in [-0.1, -0.05) is 6.07 Å². The van der Waals surface area contributed by atoms with Gasteiger partial charge >= 0.3 is 12.1 Å². The maximum Gasteiger partial charge on any atom is 0.410 e. The van der Waals surface area contributed by atoms with Crippen molar-refractivity contribution in [1.29, 1.82) is 0 Å². The van der Waals surface area contributed by atoms with Gasteiger partial charge in [-0.15, -0.1) is 0 Å². The summed E-state index contributed by atoms with van der Waals surface area (Å²) in [6.45, 7) is 11.6. The molecule has 1 fully saturated rings. The molecular formula is C26H36N4O6. The summed E-state index contributed by atoms with van der Waals surface area (Å²) in [6, 6.07) is 6.49. The molecule has 0 saturated carbocycles. The summed E-state index contributed by atoms with van der Waals surface area (Å²) in [4.78, 5) is 35.5. The molecule has 1 aromatic heterocycles. The Bertz CT molecular complexity index is 1110. The number of nitrogen functional groups attached to an aromatic ring is 1. The monoisotopic (exact) mass is 500 g/mol. The first-order valence-electron chi connectivity index (χ1n) is 12.1. The Balaban J connectivity index is 1.93. The highest BCUT2D eigenvalue weighted by Gasteiger charge is 2.34. The largest absolute Gasteiger partial charge is 0.507 e. The van der Waals surface area contributed by atoms with Crippen LogP contribution in [0.4, 0.5) is 10.7 Å². The summed E-state index contributed by atoms with van der Waals surface area (Å²) in [5, 5.41) is 10.7. The number of phenolic OH excluding ortho intramolecular Hbond substituents is 1. The minimum Gasteiger partial charge on any atom is -0.507 e. The number of aromatic hydroxyl groups is 1. The van der Waals surface area contributed by atoms with Crippen molar-refractivity contribution in [2.24, 2.45) is 0 Å². The summed E-state index contributed by atoms with van der Waals surface area (Å²) >= 11 is 0. The molecule has 36 heavy (non-hydrogen) atoms. The van der Waals surface area contributed by atoms with E-state index in [0.717, 1.165) is 12.8 Å². The van der Waals surface area contributed by atoms with Crippen molar-refractivity contribution in [3.8, 4) is 22.8 Å². The fraction of sp³-hybridized carbons (Fsp3) is 0.538. The predicted molar refractivity (Wildman–Crippen MR) is 135 cm³/mol. The van der Waals surface area contributed by atoms with Crippen LogP contribution in [-0.4, -0.2) is 62.9 Å². The number of hydrogen-bond donors (Lipinski definition) is 2. The Kier molecular flexibility index (Phi) is 7.96. The van der Waals surface area contributed by atoms with Crippen LogP contribution in [0.25, 0.3) is 11.3 Å². The second-order valence-corrected chi connectivity index (χ2v) is 10.3. The molecule has 1 atom stereocenters. The summed E-state index contributed by atoms with van der Waals surface area (Å²) < 4.78 is 16.6. The van der Waals surface area contributed by atoms with Crippen LogP contribution in [-0.2, 0) is 14.3 Å². The third-order valence-electron chi connectivity index (χ3n) is 5.65.